The Morgan fingerprint density at radius 3 is 2.56 bits per heavy atom. The minimum atomic E-state index is -0.885. The highest BCUT2D eigenvalue weighted by atomic mass is 35.5. The van der Waals surface area contributed by atoms with Crippen molar-refractivity contribution in [2.24, 2.45) is 5.92 Å². The second kappa shape index (κ2) is 7.87. The summed E-state index contributed by atoms with van der Waals surface area (Å²) in [5.41, 5.74) is 2.31. The molecule has 1 aliphatic heterocycles. The minimum Gasteiger partial charge on any atom is -0.481 e. The smallest absolute Gasteiger partial charge is 0.308 e. The van der Waals surface area contributed by atoms with Crippen molar-refractivity contribution in [3.8, 4) is 0 Å². The van der Waals surface area contributed by atoms with Crippen LogP contribution < -0.4 is 0 Å². The summed E-state index contributed by atoms with van der Waals surface area (Å²) in [6.45, 7) is 4.43. The number of likely N-dealkylation sites (N-methyl/N-ethyl adjacent to an activating group) is 1. The molecule has 1 N–H and O–H groups in total. The summed E-state index contributed by atoms with van der Waals surface area (Å²) >= 11 is 6.17. The predicted molar refractivity (Wildman–Crippen MR) is 94.8 cm³/mol. The molecule has 0 bridgehead atoms. The third kappa shape index (κ3) is 4.51. The van der Waals surface area contributed by atoms with Crippen molar-refractivity contribution in [3.63, 3.8) is 0 Å². The molecule has 0 saturated carbocycles. The number of nitrogens with zero attached hydrogens (tertiary/aromatic N) is 2. The number of hydrogen-bond donors (Lipinski definition) is 1. The van der Waals surface area contributed by atoms with Crippen molar-refractivity contribution in [3.05, 3.63) is 33.8 Å². The van der Waals surface area contributed by atoms with Gasteiger partial charge in [0.2, 0.25) is 5.91 Å². The Kier molecular flexibility index (Phi) is 6.06. The maximum atomic E-state index is 12.6. The molecule has 1 saturated heterocycles. The normalized spacial score (nSPS) is 17.3. The maximum absolute atomic E-state index is 12.6. The Hall–Kier alpha value is -2.08. The number of aryl methyl sites for hydroxylation is 2. The van der Waals surface area contributed by atoms with Crippen LogP contribution in [0.1, 0.15) is 34.3 Å². The van der Waals surface area contributed by atoms with Crippen molar-refractivity contribution in [2.45, 2.75) is 26.7 Å². The number of amides is 2. The van der Waals surface area contributed by atoms with Crippen LogP contribution in [-0.4, -0.2) is 59.4 Å². The van der Waals surface area contributed by atoms with Gasteiger partial charge in [0.25, 0.3) is 5.91 Å². The summed E-state index contributed by atoms with van der Waals surface area (Å²) in [4.78, 5) is 39.0. The molecule has 0 aromatic heterocycles. The number of benzene rings is 1. The summed E-state index contributed by atoms with van der Waals surface area (Å²) in [6.07, 6.45) is 1.23. The van der Waals surface area contributed by atoms with Crippen LogP contribution in [0.25, 0.3) is 0 Å². The van der Waals surface area contributed by atoms with E-state index in [1.165, 1.54) is 9.80 Å². The van der Waals surface area contributed by atoms with Gasteiger partial charge in [-0.05, 0) is 49.9 Å². The summed E-state index contributed by atoms with van der Waals surface area (Å²) in [6, 6.07) is 3.46. The molecule has 7 heteroatoms. The monoisotopic (exact) mass is 366 g/mol. The molecule has 0 aliphatic carbocycles. The molecule has 2 rings (SSSR count). The first kappa shape index (κ1) is 19.2. The highest BCUT2D eigenvalue weighted by molar-refractivity contribution is 6.34. The first-order chi connectivity index (χ1) is 11.7. The lowest BCUT2D eigenvalue weighted by molar-refractivity contribution is -0.145. The first-order valence-corrected chi connectivity index (χ1v) is 8.61. The van der Waals surface area contributed by atoms with E-state index in [1.807, 2.05) is 13.8 Å². The number of hydrogen-bond acceptors (Lipinski definition) is 3. The van der Waals surface area contributed by atoms with Crippen molar-refractivity contribution < 1.29 is 19.5 Å². The molecule has 0 radical (unpaired) electrons. The van der Waals surface area contributed by atoms with Gasteiger partial charge in [-0.15, -0.1) is 0 Å². The van der Waals surface area contributed by atoms with Crippen molar-refractivity contribution in [2.75, 3.05) is 26.7 Å². The Balaban J connectivity index is 2.04. The van der Waals surface area contributed by atoms with Gasteiger partial charge in [-0.3, -0.25) is 14.4 Å². The molecule has 25 heavy (non-hydrogen) atoms. The third-order valence-corrected chi connectivity index (χ3v) is 4.97. The molecule has 0 spiro atoms. The highest BCUT2D eigenvalue weighted by Crippen LogP contribution is 2.22. The van der Waals surface area contributed by atoms with Crippen LogP contribution in [0, 0.1) is 19.8 Å². The van der Waals surface area contributed by atoms with Gasteiger partial charge in [0.05, 0.1) is 23.0 Å². The fourth-order valence-corrected chi connectivity index (χ4v) is 3.23. The molecule has 6 nitrogen and oxygen atoms in total. The van der Waals surface area contributed by atoms with E-state index in [9.17, 15) is 14.4 Å². The molecule has 1 atom stereocenters. The zero-order valence-electron chi connectivity index (χ0n) is 14.7. The average Bonchev–Trinajstić information content (AvgIpc) is 2.57. The Morgan fingerprint density at radius 1 is 1.28 bits per heavy atom. The topological polar surface area (TPSA) is 77.9 Å². The largest absolute Gasteiger partial charge is 0.481 e. The number of halogens is 1. The second-order valence-electron chi connectivity index (χ2n) is 6.59. The molecule has 2 amide bonds. The Bertz CT molecular complexity index is 705. The van der Waals surface area contributed by atoms with Gasteiger partial charge in [0.1, 0.15) is 0 Å². The number of carbonyl (C=O) groups excluding carboxylic acids is 2. The van der Waals surface area contributed by atoms with Gasteiger partial charge in [-0.1, -0.05) is 11.6 Å². The van der Waals surface area contributed by atoms with Crippen LogP contribution >= 0.6 is 11.6 Å². The molecule has 1 aliphatic rings. The summed E-state index contributed by atoms with van der Waals surface area (Å²) < 4.78 is 0. The number of carbonyl (C=O) groups is 3. The van der Waals surface area contributed by atoms with Crippen molar-refractivity contribution >= 4 is 29.4 Å². The van der Waals surface area contributed by atoms with E-state index < -0.39 is 11.9 Å². The van der Waals surface area contributed by atoms with E-state index in [-0.39, 0.29) is 24.9 Å². The van der Waals surface area contributed by atoms with Crippen molar-refractivity contribution in [1.82, 2.24) is 9.80 Å². The van der Waals surface area contributed by atoms with Gasteiger partial charge in [-0.25, -0.2) is 0 Å². The van der Waals surface area contributed by atoms with E-state index in [2.05, 4.69) is 0 Å². The van der Waals surface area contributed by atoms with Crippen LogP contribution in [0.3, 0.4) is 0 Å². The van der Waals surface area contributed by atoms with Crippen LogP contribution in [0.2, 0.25) is 5.02 Å². The lowest BCUT2D eigenvalue weighted by Crippen LogP contribution is -2.46. The zero-order chi connectivity index (χ0) is 18.7. The third-order valence-electron chi connectivity index (χ3n) is 4.66. The molecule has 1 aromatic carbocycles. The first-order valence-electron chi connectivity index (χ1n) is 8.23. The summed E-state index contributed by atoms with van der Waals surface area (Å²) in [7, 11) is 1.55. The van der Waals surface area contributed by atoms with Crippen LogP contribution in [0.15, 0.2) is 12.1 Å². The number of carboxylic acids is 1. The Labute approximate surface area is 152 Å². The molecule has 1 aromatic rings. The highest BCUT2D eigenvalue weighted by Gasteiger charge is 2.29. The fourth-order valence-electron chi connectivity index (χ4n) is 2.93. The Morgan fingerprint density at radius 2 is 1.92 bits per heavy atom. The number of aliphatic carboxylic acids is 1. The van der Waals surface area contributed by atoms with Crippen LogP contribution in [-0.2, 0) is 9.59 Å². The van der Waals surface area contributed by atoms with Crippen LogP contribution in [0.4, 0.5) is 0 Å². The number of likely N-dealkylation sites (tertiary alicyclic amines) is 1. The minimum absolute atomic E-state index is 0.103. The SMILES string of the molecule is Cc1cc(Cl)c(C(=O)N(C)CC(=O)N2CCCC(C(=O)O)C2)cc1C. The molecular formula is C18H23ClN2O4. The lowest BCUT2D eigenvalue weighted by Gasteiger charge is -2.32. The van der Waals surface area contributed by atoms with Gasteiger partial charge in [0.15, 0.2) is 0 Å². The standard InChI is InChI=1S/C18H23ClN2O4/c1-11-7-14(15(19)8-12(11)2)17(23)20(3)10-16(22)21-6-4-5-13(9-21)18(24)25/h7-8,13H,4-6,9-10H2,1-3H3,(H,24,25). The van der Waals surface area contributed by atoms with Crippen molar-refractivity contribution in [1.29, 1.82) is 0 Å². The summed E-state index contributed by atoms with van der Waals surface area (Å²) in [5, 5.41) is 9.48. The number of piperidine rings is 1. The molecule has 136 valence electrons. The second-order valence-corrected chi connectivity index (χ2v) is 7.00. The van der Waals surface area contributed by atoms with E-state index in [4.69, 9.17) is 16.7 Å². The zero-order valence-corrected chi connectivity index (χ0v) is 15.5. The van der Waals surface area contributed by atoms with Gasteiger partial charge in [-0.2, -0.15) is 0 Å². The van der Waals surface area contributed by atoms with E-state index in [0.717, 1.165) is 11.1 Å². The lowest BCUT2D eigenvalue weighted by atomic mass is 9.98. The fraction of sp³-hybridized carbons (Fsp3) is 0.500. The molecule has 1 fully saturated rings. The quantitative estimate of drug-likeness (QED) is 0.887. The maximum Gasteiger partial charge on any atom is 0.308 e. The average molecular weight is 367 g/mol. The van der Waals surface area contributed by atoms with Crippen LogP contribution in [0.5, 0.6) is 0 Å². The van der Waals surface area contributed by atoms with Gasteiger partial charge in [0, 0.05) is 20.1 Å². The number of carboxylic acid groups (broad SMARTS) is 1. The molecule has 1 unspecified atom stereocenters. The van der Waals surface area contributed by atoms with E-state index >= 15 is 0 Å². The van der Waals surface area contributed by atoms with E-state index in [1.54, 1.807) is 19.2 Å². The van der Waals surface area contributed by atoms with Gasteiger partial charge < -0.3 is 14.9 Å². The van der Waals surface area contributed by atoms with E-state index in [0.29, 0.717) is 30.0 Å². The number of rotatable bonds is 4. The predicted octanol–water partition coefficient (Wildman–Crippen LogP) is 2.35. The molecule has 1 heterocycles. The van der Waals surface area contributed by atoms with Gasteiger partial charge >= 0.3 is 5.97 Å². The summed E-state index contributed by atoms with van der Waals surface area (Å²) in [5.74, 6) is -1.99. The molecular weight excluding hydrogens is 344 g/mol.